The van der Waals surface area contributed by atoms with Gasteiger partial charge in [0, 0.05) is 19.2 Å². The number of aliphatic hydroxyl groups is 1. The normalized spacial score (nSPS) is 22.3. The van der Waals surface area contributed by atoms with Gasteiger partial charge in [-0.2, -0.15) is 9.97 Å². The van der Waals surface area contributed by atoms with Gasteiger partial charge >= 0.3 is 0 Å². The van der Waals surface area contributed by atoms with Crippen molar-refractivity contribution in [3.63, 3.8) is 0 Å². The van der Waals surface area contributed by atoms with Crippen LogP contribution in [0.4, 0.5) is 11.8 Å². The molecule has 1 aromatic rings. The fourth-order valence-electron chi connectivity index (χ4n) is 2.26. The molecule has 1 unspecified atom stereocenters. The van der Waals surface area contributed by atoms with Gasteiger partial charge in [0.15, 0.2) is 0 Å². The molecule has 2 rings (SSSR count). The first-order valence-corrected chi connectivity index (χ1v) is 6.15. The molecule has 2 heterocycles. The van der Waals surface area contributed by atoms with Crippen LogP contribution in [-0.2, 0) is 4.74 Å². The number of nitrogens with zero attached hydrogens (tertiary/aromatic N) is 3. The molecule has 7 nitrogen and oxygen atoms in total. The van der Waals surface area contributed by atoms with Gasteiger partial charge in [0.05, 0.1) is 25.4 Å². The summed E-state index contributed by atoms with van der Waals surface area (Å²) in [6.45, 7) is 5.13. The van der Waals surface area contributed by atoms with Crippen LogP contribution in [0.2, 0.25) is 0 Å². The summed E-state index contributed by atoms with van der Waals surface area (Å²) < 4.78 is 10.9. The van der Waals surface area contributed by atoms with Crippen molar-refractivity contribution in [2.24, 2.45) is 0 Å². The predicted octanol–water partition coefficient (Wildman–Crippen LogP) is 0.0435. The van der Waals surface area contributed by atoms with Gasteiger partial charge in [-0.05, 0) is 13.8 Å². The number of morpholine rings is 1. The lowest BCUT2D eigenvalue weighted by molar-refractivity contribution is -0.101. The molecule has 0 spiro atoms. The van der Waals surface area contributed by atoms with Crippen LogP contribution >= 0.6 is 0 Å². The molecule has 106 valence electrons. The molecule has 1 aromatic heterocycles. The van der Waals surface area contributed by atoms with Gasteiger partial charge < -0.3 is 25.2 Å². The molecule has 0 saturated carbocycles. The van der Waals surface area contributed by atoms with Crippen molar-refractivity contribution in [1.29, 1.82) is 0 Å². The number of hydrogen-bond acceptors (Lipinski definition) is 7. The van der Waals surface area contributed by atoms with E-state index in [1.807, 2.05) is 18.7 Å². The van der Waals surface area contributed by atoms with E-state index in [9.17, 15) is 5.11 Å². The third kappa shape index (κ3) is 3.24. The zero-order valence-electron chi connectivity index (χ0n) is 11.5. The van der Waals surface area contributed by atoms with E-state index in [4.69, 9.17) is 15.2 Å². The van der Waals surface area contributed by atoms with Gasteiger partial charge in [0.2, 0.25) is 11.8 Å². The Morgan fingerprint density at radius 2 is 2.32 bits per heavy atom. The van der Waals surface area contributed by atoms with Gasteiger partial charge in [0.25, 0.3) is 0 Å². The van der Waals surface area contributed by atoms with Crippen molar-refractivity contribution >= 4 is 11.8 Å². The van der Waals surface area contributed by atoms with Gasteiger partial charge in [-0.15, -0.1) is 0 Å². The molecular weight excluding hydrogens is 248 g/mol. The lowest BCUT2D eigenvalue weighted by Crippen LogP contribution is -2.54. The Labute approximate surface area is 112 Å². The Balaban J connectivity index is 2.27. The van der Waals surface area contributed by atoms with Gasteiger partial charge in [-0.1, -0.05) is 0 Å². The van der Waals surface area contributed by atoms with Crippen LogP contribution < -0.4 is 15.4 Å². The summed E-state index contributed by atoms with van der Waals surface area (Å²) in [5.74, 6) is 1.27. The van der Waals surface area contributed by atoms with E-state index in [1.165, 1.54) is 7.11 Å². The highest BCUT2D eigenvalue weighted by Gasteiger charge is 2.34. The minimum absolute atomic E-state index is 0.0301. The van der Waals surface area contributed by atoms with Crippen LogP contribution in [0.5, 0.6) is 5.88 Å². The molecule has 19 heavy (non-hydrogen) atoms. The van der Waals surface area contributed by atoms with Crippen molar-refractivity contribution in [2.75, 3.05) is 37.4 Å². The maximum absolute atomic E-state index is 9.31. The van der Waals surface area contributed by atoms with E-state index in [-0.39, 0.29) is 24.3 Å². The van der Waals surface area contributed by atoms with E-state index >= 15 is 0 Å². The molecule has 0 bridgehead atoms. The Morgan fingerprint density at radius 3 is 2.95 bits per heavy atom. The number of anilines is 2. The molecule has 0 radical (unpaired) electrons. The van der Waals surface area contributed by atoms with Crippen molar-refractivity contribution < 1.29 is 14.6 Å². The smallest absolute Gasteiger partial charge is 0.225 e. The molecule has 1 aliphatic rings. The quantitative estimate of drug-likeness (QED) is 0.799. The van der Waals surface area contributed by atoms with Crippen molar-refractivity contribution in [3.05, 3.63) is 6.07 Å². The summed E-state index contributed by atoms with van der Waals surface area (Å²) in [6.07, 6.45) is -0.245. The van der Waals surface area contributed by atoms with E-state index in [1.54, 1.807) is 6.07 Å². The number of methoxy groups -OCH3 is 1. The van der Waals surface area contributed by atoms with Crippen LogP contribution in [0.3, 0.4) is 0 Å². The highest BCUT2D eigenvalue weighted by molar-refractivity contribution is 5.46. The fraction of sp³-hybridized carbons (Fsp3) is 0.667. The van der Waals surface area contributed by atoms with Crippen LogP contribution in [0, 0.1) is 0 Å². The number of hydrogen-bond donors (Lipinski definition) is 2. The third-order valence-corrected chi connectivity index (χ3v) is 2.92. The average Bonchev–Trinajstić information content (AvgIpc) is 2.36. The molecule has 3 N–H and O–H groups in total. The standard InChI is InChI=1S/C12H20N4O3/c1-12(2)7-16(5-8(6-17)19-12)9-4-10(18-3)15-11(13)14-9/h4,8,17H,5-7H2,1-3H3,(H2,13,14,15). The zero-order valence-corrected chi connectivity index (χ0v) is 11.5. The molecule has 1 fully saturated rings. The second kappa shape index (κ2) is 5.18. The van der Waals surface area contributed by atoms with E-state index in [2.05, 4.69) is 9.97 Å². The number of aliphatic hydroxyl groups excluding tert-OH is 1. The first-order chi connectivity index (χ1) is 8.93. The van der Waals surface area contributed by atoms with Crippen LogP contribution in [0.25, 0.3) is 0 Å². The van der Waals surface area contributed by atoms with E-state index in [0.29, 0.717) is 24.8 Å². The fourth-order valence-corrected chi connectivity index (χ4v) is 2.26. The highest BCUT2D eigenvalue weighted by atomic mass is 16.5. The Kier molecular flexibility index (Phi) is 3.77. The molecular formula is C12H20N4O3. The Bertz CT molecular complexity index is 453. The molecule has 0 amide bonds. The third-order valence-electron chi connectivity index (χ3n) is 2.92. The predicted molar refractivity (Wildman–Crippen MR) is 71.2 cm³/mol. The first kappa shape index (κ1) is 13.8. The summed E-state index contributed by atoms with van der Waals surface area (Å²) in [5.41, 5.74) is 5.30. The van der Waals surface area contributed by atoms with E-state index in [0.717, 1.165) is 0 Å². The molecule has 7 heteroatoms. The SMILES string of the molecule is COc1cc(N2CC(CO)OC(C)(C)C2)nc(N)n1. The number of nitrogens with two attached hydrogens (primary N) is 1. The minimum Gasteiger partial charge on any atom is -0.481 e. The zero-order chi connectivity index (χ0) is 14.0. The van der Waals surface area contributed by atoms with E-state index < -0.39 is 0 Å². The second-order valence-electron chi connectivity index (χ2n) is 5.19. The van der Waals surface area contributed by atoms with Crippen LogP contribution in [-0.4, -0.2) is 53.6 Å². The number of rotatable bonds is 3. The maximum atomic E-state index is 9.31. The van der Waals surface area contributed by atoms with Gasteiger partial charge in [0.1, 0.15) is 5.82 Å². The van der Waals surface area contributed by atoms with Crippen molar-refractivity contribution in [1.82, 2.24) is 9.97 Å². The molecule has 1 aliphatic heterocycles. The van der Waals surface area contributed by atoms with Gasteiger partial charge in [-0.3, -0.25) is 0 Å². The summed E-state index contributed by atoms with van der Waals surface area (Å²) in [6, 6.07) is 1.73. The Hall–Kier alpha value is -1.60. The summed E-state index contributed by atoms with van der Waals surface area (Å²) in [5, 5.41) is 9.31. The molecule has 1 atom stereocenters. The minimum atomic E-state index is -0.363. The van der Waals surface area contributed by atoms with Crippen LogP contribution in [0.1, 0.15) is 13.8 Å². The van der Waals surface area contributed by atoms with Gasteiger partial charge in [-0.25, -0.2) is 0 Å². The summed E-state index contributed by atoms with van der Waals surface area (Å²) in [7, 11) is 1.53. The number of ether oxygens (including phenoxy) is 2. The Morgan fingerprint density at radius 1 is 1.58 bits per heavy atom. The second-order valence-corrected chi connectivity index (χ2v) is 5.19. The summed E-state index contributed by atoms with van der Waals surface area (Å²) in [4.78, 5) is 10.2. The highest BCUT2D eigenvalue weighted by Crippen LogP contribution is 2.26. The number of nitrogen functional groups attached to an aromatic ring is 1. The number of aromatic nitrogens is 2. The molecule has 1 saturated heterocycles. The maximum Gasteiger partial charge on any atom is 0.225 e. The lowest BCUT2D eigenvalue weighted by Gasteiger charge is -2.42. The van der Waals surface area contributed by atoms with Crippen molar-refractivity contribution in [3.8, 4) is 5.88 Å². The van der Waals surface area contributed by atoms with Crippen molar-refractivity contribution in [2.45, 2.75) is 25.6 Å². The molecule has 0 aliphatic carbocycles. The lowest BCUT2D eigenvalue weighted by atomic mass is 10.1. The monoisotopic (exact) mass is 268 g/mol. The average molecular weight is 268 g/mol. The van der Waals surface area contributed by atoms with Crippen LogP contribution in [0.15, 0.2) is 6.07 Å². The summed E-state index contributed by atoms with van der Waals surface area (Å²) >= 11 is 0. The molecule has 0 aromatic carbocycles. The largest absolute Gasteiger partial charge is 0.481 e. The first-order valence-electron chi connectivity index (χ1n) is 6.15. The topological polar surface area (TPSA) is 93.7 Å².